The Bertz CT molecular complexity index is 242. The fourth-order valence-electron chi connectivity index (χ4n) is 1.43. The fraction of sp³-hybridized carbons (Fsp3) is 0.636. The van der Waals surface area contributed by atoms with Crippen LogP contribution in [0.3, 0.4) is 0 Å². The van der Waals surface area contributed by atoms with Gasteiger partial charge in [-0.15, -0.1) is 11.3 Å². The van der Waals surface area contributed by atoms with Crippen LogP contribution in [0.4, 0.5) is 0 Å². The molecule has 0 radical (unpaired) electrons. The summed E-state index contributed by atoms with van der Waals surface area (Å²) < 4.78 is 0. The van der Waals surface area contributed by atoms with Crippen LogP contribution in [0.5, 0.6) is 0 Å². The molecule has 0 bridgehead atoms. The largest absolute Gasteiger partial charge is 0.299 e. The van der Waals surface area contributed by atoms with E-state index in [1.807, 2.05) is 11.3 Å². The summed E-state index contributed by atoms with van der Waals surface area (Å²) in [6.45, 7) is 10.2. The van der Waals surface area contributed by atoms with Crippen LogP contribution in [0, 0.1) is 6.92 Å². The van der Waals surface area contributed by atoms with E-state index in [1.54, 1.807) is 0 Å². The van der Waals surface area contributed by atoms with Crippen LogP contribution in [0.2, 0.25) is 0 Å². The van der Waals surface area contributed by atoms with E-state index in [0.717, 1.165) is 13.1 Å². The minimum atomic E-state index is 1.13. The van der Waals surface area contributed by atoms with Crippen molar-refractivity contribution in [1.29, 1.82) is 0 Å². The van der Waals surface area contributed by atoms with Gasteiger partial charge < -0.3 is 0 Å². The standard InChI is InChI=1S/C11H19NS/c1-4-7-12(5-2)9-11-10(3)6-8-13-11/h6,8H,4-5,7,9H2,1-3H3. The highest BCUT2D eigenvalue weighted by molar-refractivity contribution is 7.10. The molecular formula is C11H19NS. The molecule has 2 heteroatoms. The van der Waals surface area contributed by atoms with Crippen LogP contribution in [-0.2, 0) is 6.54 Å². The number of rotatable bonds is 5. The molecule has 0 aliphatic heterocycles. The minimum Gasteiger partial charge on any atom is -0.299 e. The van der Waals surface area contributed by atoms with Crippen molar-refractivity contribution in [1.82, 2.24) is 4.90 Å². The van der Waals surface area contributed by atoms with Crippen molar-refractivity contribution in [2.45, 2.75) is 33.7 Å². The Labute approximate surface area is 85.4 Å². The first-order valence-electron chi connectivity index (χ1n) is 5.03. The van der Waals surface area contributed by atoms with Crippen molar-refractivity contribution in [3.63, 3.8) is 0 Å². The zero-order valence-corrected chi connectivity index (χ0v) is 9.66. The van der Waals surface area contributed by atoms with E-state index in [0.29, 0.717) is 0 Å². The molecule has 0 N–H and O–H groups in total. The molecule has 0 aliphatic carbocycles. The zero-order valence-electron chi connectivity index (χ0n) is 8.84. The average Bonchev–Trinajstić information content (AvgIpc) is 2.51. The lowest BCUT2D eigenvalue weighted by molar-refractivity contribution is 0.282. The maximum Gasteiger partial charge on any atom is 0.0330 e. The second-order valence-electron chi connectivity index (χ2n) is 3.40. The molecule has 0 aliphatic rings. The summed E-state index contributed by atoms with van der Waals surface area (Å²) in [7, 11) is 0. The van der Waals surface area contributed by atoms with Gasteiger partial charge in [-0.05, 0) is 43.4 Å². The van der Waals surface area contributed by atoms with Crippen LogP contribution in [0.25, 0.3) is 0 Å². The third-order valence-electron chi connectivity index (χ3n) is 2.32. The van der Waals surface area contributed by atoms with Crippen molar-refractivity contribution >= 4 is 11.3 Å². The van der Waals surface area contributed by atoms with E-state index >= 15 is 0 Å². The molecule has 1 heterocycles. The monoisotopic (exact) mass is 197 g/mol. The highest BCUT2D eigenvalue weighted by Gasteiger charge is 2.05. The zero-order chi connectivity index (χ0) is 9.68. The molecule has 0 spiro atoms. The first-order chi connectivity index (χ1) is 6.27. The van der Waals surface area contributed by atoms with Crippen molar-refractivity contribution in [3.8, 4) is 0 Å². The van der Waals surface area contributed by atoms with E-state index in [2.05, 4.69) is 37.1 Å². The predicted octanol–water partition coefficient (Wildman–Crippen LogP) is 3.29. The Balaban J connectivity index is 2.51. The Morgan fingerprint density at radius 1 is 1.38 bits per heavy atom. The third-order valence-corrected chi connectivity index (χ3v) is 3.33. The summed E-state index contributed by atoms with van der Waals surface area (Å²) in [6, 6.07) is 2.21. The lowest BCUT2D eigenvalue weighted by atomic mass is 10.2. The van der Waals surface area contributed by atoms with E-state index in [4.69, 9.17) is 0 Å². The van der Waals surface area contributed by atoms with Gasteiger partial charge in [-0.2, -0.15) is 0 Å². The first-order valence-corrected chi connectivity index (χ1v) is 5.91. The number of hydrogen-bond donors (Lipinski definition) is 0. The van der Waals surface area contributed by atoms with Crippen molar-refractivity contribution in [2.24, 2.45) is 0 Å². The topological polar surface area (TPSA) is 3.24 Å². The van der Waals surface area contributed by atoms with Crippen molar-refractivity contribution in [3.05, 3.63) is 21.9 Å². The van der Waals surface area contributed by atoms with Gasteiger partial charge in [0.1, 0.15) is 0 Å². The quantitative estimate of drug-likeness (QED) is 0.700. The van der Waals surface area contributed by atoms with Gasteiger partial charge in [0.25, 0.3) is 0 Å². The van der Waals surface area contributed by atoms with Crippen LogP contribution in [-0.4, -0.2) is 18.0 Å². The maximum atomic E-state index is 2.50. The van der Waals surface area contributed by atoms with E-state index in [1.165, 1.54) is 23.4 Å². The van der Waals surface area contributed by atoms with Gasteiger partial charge in [0, 0.05) is 11.4 Å². The van der Waals surface area contributed by atoms with Crippen LogP contribution in [0.1, 0.15) is 30.7 Å². The highest BCUT2D eigenvalue weighted by Crippen LogP contribution is 2.17. The molecule has 1 aromatic heterocycles. The molecule has 0 saturated carbocycles. The van der Waals surface area contributed by atoms with Gasteiger partial charge in [0.2, 0.25) is 0 Å². The molecular weight excluding hydrogens is 178 g/mol. The summed E-state index contributed by atoms with van der Waals surface area (Å²) in [4.78, 5) is 4.02. The molecule has 0 atom stereocenters. The van der Waals surface area contributed by atoms with Gasteiger partial charge in [-0.1, -0.05) is 13.8 Å². The average molecular weight is 197 g/mol. The van der Waals surface area contributed by atoms with Gasteiger partial charge in [0.15, 0.2) is 0 Å². The van der Waals surface area contributed by atoms with Crippen molar-refractivity contribution < 1.29 is 0 Å². The van der Waals surface area contributed by atoms with Crippen LogP contribution in [0.15, 0.2) is 11.4 Å². The molecule has 74 valence electrons. The van der Waals surface area contributed by atoms with Gasteiger partial charge >= 0.3 is 0 Å². The lowest BCUT2D eigenvalue weighted by Gasteiger charge is -2.18. The minimum absolute atomic E-state index is 1.13. The molecule has 13 heavy (non-hydrogen) atoms. The number of aryl methyl sites for hydroxylation is 1. The molecule has 0 unspecified atom stereocenters. The second-order valence-corrected chi connectivity index (χ2v) is 4.40. The first kappa shape index (κ1) is 10.7. The second kappa shape index (κ2) is 5.40. The van der Waals surface area contributed by atoms with Crippen molar-refractivity contribution in [2.75, 3.05) is 13.1 Å². The Hall–Kier alpha value is -0.340. The number of thiophene rings is 1. The normalized spacial score (nSPS) is 11.1. The molecule has 0 saturated heterocycles. The van der Waals surface area contributed by atoms with Crippen LogP contribution < -0.4 is 0 Å². The maximum absolute atomic E-state index is 2.50. The number of nitrogens with zero attached hydrogens (tertiary/aromatic N) is 1. The Kier molecular flexibility index (Phi) is 4.46. The lowest BCUT2D eigenvalue weighted by Crippen LogP contribution is -2.23. The van der Waals surface area contributed by atoms with E-state index in [9.17, 15) is 0 Å². The van der Waals surface area contributed by atoms with Crippen LogP contribution >= 0.6 is 11.3 Å². The molecule has 0 aromatic carbocycles. The molecule has 0 fully saturated rings. The number of hydrogen-bond acceptors (Lipinski definition) is 2. The van der Waals surface area contributed by atoms with Gasteiger partial charge in [0.05, 0.1) is 0 Å². The van der Waals surface area contributed by atoms with E-state index in [-0.39, 0.29) is 0 Å². The van der Waals surface area contributed by atoms with E-state index < -0.39 is 0 Å². The summed E-state index contributed by atoms with van der Waals surface area (Å²) >= 11 is 1.88. The summed E-state index contributed by atoms with van der Waals surface area (Å²) in [5, 5.41) is 2.18. The SMILES string of the molecule is CCCN(CC)Cc1sccc1C. The summed E-state index contributed by atoms with van der Waals surface area (Å²) in [5.41, 5.74) is 1.44. The predicted molar refractivity (Wildman–Crippen MR) is 60.3 cm³/mol. The Morgan fingerprint density at radius 2 is 2.15 bits per heavy atom. The summed E-state index contributed by atoms with van der Waals surface area (Å²) in [5.74, 6) is 0. The molecule has 1 rings (SSSR count). The summed E-state index contributed by atoms with van der Waals surface area (Å²) in [6.07, 6.45) is 1.25. The van der Waals surface area contributed by atoms with Gasteiger partial charge in [-0.25, -0.2) is 0 Å². The Morgan fingerprint density at radius 3 is 2.62 bits per heavy atom. The fourth-order valence-corrected chi connectivity index (χ4v) is 2.38. The highest BCUT2D eigenvalue weighted by atomic mass is 32.1. The third kappa shape index (κ3) is 3.12. The smallest absolute Gasteiger partial charge is 0.0330 e. The molecule has 1 nitrogen and oxygen atoms in total. The molecule has 0 amide bonds. The molecule has 1 aromatic rings. The van der Waals surface area contributed by atoms with Gasteiger partial charge in [-0.3, -0.25) is 4.90 Å².